The number of hydrogen-bond donors (Lipinski definition) is 1. The van der Waals surface area contributed by atoms with E-state index in [1.807, 2.05) is 18.2 Å². The molecule has 0 amide bonds. The van der Waals surface area contributed by atoms with E-state index in [-0.39, 0.29) is 0 Å². The molecule has 0 radical (unpaired) electrons. The molecule has 1 aliphatic rings. The Labute approximate surface area is 122 Å². The van der Waals surface area contributed by atoms with Crippen LogP contribution in [0, 0.1) is 0 Å². The number of nitrogens with one attached hydrogen (secondary N) is 1. The molecule has 2 aromatic rings. The van der Waals surface area contributed by atoms with Crippen LogP contribution in [0.15, 0.2) is 18.2 Å². The van der Waals surface area contributed by atoms with E-state index in [1.54, 1.807) is 11.3 Å². The van der Waals surface area contributed by atoms with Crippen LogP contribution < -0.4 is 5.32 Å². The summed E-state index contributed by atoms with van der Waals surface area (Å²) in [6, 6.07) is 5.87. The third-order valence-corrected chi connectivity index (χ3v) is 4.98. The number of thiazole rings is 1. The molecule has 0 bridgehead atoms. The predicted molar refractivity (Wildman–Crippen MR) is 83.4 cm³/mol. The maximum absolute atomic E-state index is 6.15. The first kappa shape index (κ1) is 13.2. The molecule has 102 valence electrons. The molecule has 0 unspecified atom stereocenters. The summed E-state index contributed by atoms with van der Waals surface area (Å²) in [6.45, 7) is 4.72. The quantitative estimate of drug-likeness (QED) is 0.849. The lowest BCUT2D eigenvalue weighted by Gasteiger charge is -2.13. The number of likely N-dealkylation sites (tertiary alicyclic amines) is 1. The largest absolute Gasteiger partial charge is 0.361 e. The fourth-order valence-corrected chi connectivity index (χ4v) is 3.68. The lowest BCUT2D eigenvalue weighted by atomic mass is 10.3. The number of nitrogens with zero attached hydrogens (tertiary/aromatic N) is 2. The van der Waals surface area contributed by atoms with Gasteiger partial charge in [0.1, 0.15) is 0 Å². The van der Waals surface area contributed by atoms with Crippen molar-refractivity contribution in [2.45, 2.75) is 19.3 Å². The molecule has 1 aromatic heterocycles. The van der Waals surface area contributed by atoms with Gasteiger partial charge >= 0.3 is 0 Å². The van der Waals surface area contributed by atoms with Crippen LogP contribution in [0.2, 0.25) is 5.02 Å². The summed E-state index contributed by atoms with van der Waals surface area (Å²) in [7, 11) is 0. The van der Waals surface area contributed by atoms with Crippen molar-refractivity contribution in [1.82, 2.24) is 9.88 Å². The van der Waals surface area contributed by atoms with Gasteiger partial charge in [0, 0.05) is 6.54 Å². The zero-order valence-corrected chi connectivity index (χ0v) is 12.4. The van der Waals surface area contributed by atoms with Crippen LogP contribution in [0.25, 0.3) is 10.2 Å². The number of anilines is 1. The molecule has 1 aromatic carbocycles. The Morgan fingerprint density at radius 3 is 2.95 bits per heavy atom. The molecule has 1 fully saturated rings. The number of halogens is 1. The molecule has 1 aliphatic heterocycles. The summed E-state index contributed by atoms with van der Waals surface area (Å²) in [6.07, 6.45) is 3.90. The number of hydrogen-bond acceptors (Lipinski definition) is 4. The number of rotatable bonds is 5. The van der Waals surface area contributed by atoms with Crippen molar-refractivity contribution in [3.63, 3.8) is 0 Å². The molecule has 0 atom stereocenters. The van der Waals surface area contributed by atoms with Crippen LogP contribution in [0.5, 0.6) is 0 Å². The predicted octanol–water partition coefficient (Wildman–Crippen LogP) is 3.85. The van der Waals surface area contributed by atoms with E-state index in [9.17, 15) is 0 Å². The highest BCUT2D eigenvalue weighted by Gasteiger charge is 2.10. The minimum absolute atomic E-state index is 0.792. The molecule has 19 heavy (non-hydrogen) atoms. The second-order valence-corrected chi connectivity index (χ2v) is 6.34. The fraction of sp³-hybridized carbons (Fsp3) is 0.500. The highest BCUT2D eigenvalue weighted by Crippen LogP contribution is 2.31. The zero-order chi connectivity index (χ0) is 13.1. The smallest absolute Gasteiger partial charge is 0.183 e. The lowest BCUT2D eigenvalue weighted by Crippen LogP contribution is -2.22. The van der Waals surface area contributed by atoms with E-state index < -0.39 is 0 Å². The first-order valence-corrected chi connectivity index (χ1v) is 8.04. The molecular formula is C14H18ClN3S. The van der Waals surface area contributed by atoms with Crippen LogP contribution >= 0.6 is 22.9 Å². The maximum atomic E-state index is 6.15. The molecule has 3 rings (SSSR count). The van der Waals surface area contributed by atoms with Crippen LogP contribution in [0.3, 0.4) is 0 Å². The number of fused-ring (bicyclic) bond motifs is 1. The number of aromatic nitrogens is 1. The average molecular weight is 296 g/mol. The van der Waals surface area contributed by atoms with Crippen LogP contribution in [0.1, 0.15) is 19.3 Å². The average Bonchev–Trinajstić information content (AvgIpc) is 3.04. The Bertz CT molecular complexity index is 549. The van der Waals surface area contributed by atoms with E-state index in [2.05, 4.69) is 15.2 Å². The summed E-state index contributed by atoms with van der Waals surface area (Å²) < 4.78 is 1.08. The molecular weight excluding hydrogens is 278 g/mol. The van der Waals surface area contributed by atoms with Crippen LogP contribution in [-0.2, 0) is 0 Å². The summed E-state index contributed by atoms with van der Waals surface area (Å²) in [5.74, 6) is 0. The highest BCUT2D eigenvalue weighted by molar-refractivity contribution is 7.22. The Morgan fingerprint density at radius 2 is 2.16 bits per heavy atom. The van der Waals surface area contributed by atoms with Gasteiger partial charge < -0.3 is 10.2 Å². The first-order chi connectivity index (χ1) is 9.33. The van der Waals surface area contributed by atoms with Crippen molar-refractivity contribution in [3.8, 4) is 0 Å². The summed E-state index contributed by atoms with van der Waals surface area (Å²) in [5, 5.41) is 5.18. The van der Waals surface area contributed by atoms with Gasteiger partial charge in [-0.25, -0.2) is 4.98 Å². The Balaban J connectivity index is 1.52. The topological polar surface area (TPSA) is 28.2 Å². The minimum atomic E-state index is 0.792. The van der Waals surface area contributed by atoms with Crippen molar-refractivity contribution in [1.29, 1.82) is 0 Å². The molecule has 2 heterocycles. The first-order valence-electron chi connectivity index (χ1n) is 6.84. The van der Waals surface area contributed by atoms with Crippen molar-refractivity contribution in [3.05, 3.63) is 23.2 Å². The fourth-order valence-electron chi connectivity index (χ4n) is 2.50. The van der Waals surface area contributed by atoms with Crippen molar-refractivity contribution < 1.29 is 0 Å². The third kappa shape index (κ3) is 3.19. The van der Waals surface area contributed by atoms with Gasteiger partial charge in [-0.2, -0.15) is 0 Å². The molecule has 1 N–H and O–H groups in total. The minimum Gasteiger partial charge on any atom is -0.361 e. The lowest BCUT2D eigenvalue weighted by molar-refractivity contribution is 0.337. The maximum Gasteiger partial charge on any atom is 0.183 e. The monoisotopic (exact) mass is 295 g/mol. The van der Waals surface area contributed by atoms with Gasteiger partial charge in [-0.1, -0.05) is 29.0 Å². The van der Waals surface area contributed by atoms with Crippen LogP contribution in [0.4, 0.5) is 5.13 Å². The SMILES string of the molecule is Clc1cccc2nc(NCCCN3CCCC3)sc12. The number of benzene rings is 1. The highest BCUT2D eigenvalue weighted by atomic mass is 35.5. The van der Waals surface area contributed by atoms with Gasteiger partial charge in [0.05, 0.1) is 15.2 Å². The Hall–Kier alpha value is -0.840. The standard InChI is InChI=1S/C14H18ClN3S/c15-11-5-3-6-12-13(11)19-14(17-12)16-7-4-10-18-8-1-2-9-18/h3,5-6H,1-2,4,7-10H2,(H,16,17). The van der Waals surface area contributed by atoms with Gasteiger partial charge in [-0.05, 0) is 51.0 Å². The summed E-state index contributed by atoms with van der Waals surface area (Å²) >= 11 is 7.79. The van der Waals surface area contributed by atoms with E-state index in [0.29, 0.717) is 0 Å². The second kappa shape index (κ2) is 6.07. The molecule has 5 heteroatoms. The normalized spacial score (nSPS) is 16.3. The van der Waals surface area contributed by atoms with Crippen molar-refractivity contribution in [2.75, 3.05) is 31.5 Å². The molecule has 0 spiro atoms. The van der Waals surface area contributed by atoms with Gasteiger partial charge in [0.2, 0.25) is 0 Å². The van der Waals surface area contributed by atoms with E-state index in [0.717, 1.165) is 26.9 Å². The molecule has 0 saturated carbocycles. The summed E-state index contributed by atoms with van der Waals surface area (Å²) in [5.41, 5.74) is 0.986. The van der Waals surface area contributed by atoms with Gasteiger partial charge in [0.25, 0.3) is 0 Å². The van der Waals surface area contributed by atoms with Gasteiger partial charge in [-0.3, -0.25) is 0 Å². The zero-order valence-electron chi connectivity index (χ0n) is 10.9. The van der Waals surface area contributed by atoms with Crippen LogP contribution in [-0.4, -0.2) is 36.1 Å². The summed E-state index contributed by atoms with van der Waals surface area (Å²) in [4.78, 5) is 7.09. The van der Waals surface area contributed by atoms with Crippen molar-refractivity contribution >= 4 is 38.3 Å². The Morgan fingerprint density at radius 1 is 1.32 bits per heavy atom. The van der Waals surface area contributed by atoms with E-state index >= 15 is 0 Å². The van der Waals surface area contributed by atoms with Gasteiger partial charge in [-0.15, -0.1) is 0 Å². The Kier molecular flexibility index (Phi) is 4.21. The molecule has 3 nitrogen and oxygen atoms in total. The molecule has 0 aliphatic carbocycles. The molecule has 1 saturated heterocycles. The van der Waals surface area contributed by atoms with Gasteiger partial charge in [0.15, 0.2) is 5.13 Å². The van der Waals surface area contributed by atoms with Crippen molar-refractivity contribution in [2.24, 2.45) is 0 Å². The van der Waals surface area contributed by atoms with E-state index in [1.165, 1.54) is 38.9 Å². The third-order valence-electron chi connectivity index (χ3n) is 3.49. The second-order valence-electron chi connectivity index (χ2n) is 4.94. The van der Waals surface area contributed by atoms with E-state index in [4.69, 9.17) is 11.6 Å².